The molecule has 0 spiro atoms. The van der Waals surface area contributed by atoms with Crippen LogP contribution >= 0.6 is 0 Å². The van der Waals surface area contributed by atoms with Crippen LogP contribution in [0.5, 0.6) is 0 Å². The summed E-state index contributed by atoms with van der Waals surface area (Å²) in [4.78, 5) is 45.4. The lowest BCUT2D eigenvalue weighted by Gasteiger charge is -2.45. The number of carbonyl (C=O) groups is 2. The van der Waals surface area contributed by atoms with Crippen molar-refractivity contribution in [1.82, 2.24) is 19.9 Å². The van der Waals surface area contributed by atoms with Crippen LogP contribution in [-0.2, 0) is 9.53 Å². The van der Waals surface area contributed by atoms with Crippen LogP contribution in [0.2, 0.25) is 0 Å². The molecule has 1 saturated heterocycles. The normalized spacial score (nSPS) is 19.8. The van der Waals surface area contributed by atoms with E-state index in [9.17, 15) is 9.59 Å². The molecular weight excluding hydrogens is 396 g/mol. The third-order valence-corrected chi connectivity index (χ3v) is 5.25. The van der Waals surface area contributed by atoms with E-state index in [4.69, 9.17) is 4.74 Å². The maximum atomic E-state index is 11.8. The summed E-state index contributed by atoms with van der Waals surface area (Å²) in [6, 6.07) is 3.98. The standard InChI is InChI=1S/C22H30N6O3/c1-6-7-20(30)31-17(5)22-24-10-8-18(25-22)27-12-14(2)28(15(3)13-27)19-9-11-23-21(26-19)16(4)29/h8-11,14-15,17H,6-7,12-13H2,1-5H3/t14-,15+,17-/m1/s1. The van der Waals surface area contributed by atoms with Gasteiger partial charge in [-0.15, -0.1) is 0 Å². The molecule has 0 amide bonds. The fourth-order valence-electron chi connectivity index (χ4n) is 3.87. The van der Waals surface area contributed by atoms with Crippen molar-refractivity contribution in [3.05, 3.63) is 36.2 Å². The van der Waals surface area contributed by atoms with Crippen LogP contribution in [0.25, 0.3) is 0 Å². The summed E-state index contributed by atoms with van der Waals surface area (Å²) in [5.74, 6) is 1.88. The molecule has 0 aliphatic carbocycles. The maximum Gasteiger partial charge on any atom is 0.306 e. The molecule has 2 aromatic rings. The highest BCUT2D eigenvalue weighted by Crippen LogP contribution is 2.26. The van der Waals surface area contributed by atoms with Crippen LogP contribution in [0, 0.1) is 0 Å². The zero-order valence-electron chi connectivity index (χ0n) is 18.8. The molecule has 166 valence electrons. The van der Waals surface area contributed by atoms with Crippen molar-refractivity contribution in [2.75, 3.05) is 22.9 Å². The van der Waals surface area contributed by atoms with Gasteiger partial charge in [0.2, 0.25) is 0 Å². The minimum absolute atomic E-state index is 0.136. The lowest BCUT2D eigenvalue weighted by Crippen LogP contribution is -2.57. The summed E-state index contributed by atoms with van der Waals surface area (Å²) in [6.45, 7) is 10.9. The summed E-state index contributed by atoms with van der Waals surface area (Å²) >= 11 is 0. The van der Waals surface area contributed by atoms with Gasteiger partial charge in [-0.05, 0) is 39.3 Å². The SMILES string of the molecule is CCCC(=O)O[C@H](C)c1nccc(N2C[C@@H](C)N(c3ccnc(C(C)=O)n3)[C@@H](C)C2)n1. The van der Waals surface area contributed by atoms with Crippen LogP contribution in [0.1, 0.15) is 70.0 Å². The van der Waals surface area contributed by atoms with Crippen molar-refractivity contribution < 1.29 is 14.3 Å². The number of hydrogen-bond donors (Lipinski definition) is 0. The highest BCUT2D eigenvalue weighted by molar-refractivity contribution is 5.90. The average Bonchev–Trinajstić information content (AvgIpc) is 2.73. The second-order valence-corrected chi connectivity index (χ2v) is 7.96. The maximum absolute atomic E-state index is 11.8. The fourth-order valence-corrected chi connectivity index (χ4v) is 3.87. The third-order valence-electron chi connectivity index (χ3n) is 5.25. The lowest BCUT2D eigenvalue weighted by molar-refractivity contribution is -0.149. The summed E-state index contributed by atoms with van der Waals surface area (Å²) in [6.07, 6.45) is 3.96. The van der Waals surface area contributed by atoms with Crippen molar-refractivity contribution in [1.29, 1.82) is 0 Å². The Bertz CT molecular complexity index is 925. The topological polar surface area (TPSA) is 101 Å². The van der Waals surface area contributed by atoms with Gasteiger partial charge in [-0.25, -0.2) is 19.9 Å². The van der Waals surface area contributed by atoms with Crippen LogP contribution in [0.3, 0.4) is 0 Å². The molecule has 1 aliphatic rings. The number of piperazine rings is 1. The molecule has 9 nitrogen and oxygen atoms in total. The molecule has 1 fully saturated rings. The predicted molar refractivity (Wildman–Crippen MR) is 117 cm³/mol. The first kappa shape index (κ1) is 22.6. The van der Waals surface area contributed by atoms with Gasteiger partial charge in [0.15, 0.2) is 23.5 Å². The molecule has 0 saturated carbocycles. The molecular formula is C22H30N6O3. The Kier molecular flexibility index (Phi) is 7.14. The zero-order valence-corrected chi connectivity index (χ0v) is 18.8. The number of carbonyl (C=O) groups excluding carboxylic acids is 2. The van der Waals surface area contributed by atoms with Crippen molar-refractivity contribution in [3.63, 3.8) is 0 Å². The van der Waals surface area contributed by atoms with Crippen LogP contribution in [0.15, 0.2) is 24.5 Å². The monoisotopic (exact) mass is 426 g/mol. The first-order valence-electron chi connectivity index (χ1n) is 10.7. The minimum Gasteiger partial charge on any atom is -0.454 e. The van der Waals surface area contributed by atoms with Crippen LogP contribution in [-0.4, -0.2) is 56.9 Å². The van der Waals surface area contributed by atoms with Crippen molar-refractivity contribution >= 4 is 23.4 Å². The van der Waals surface area contributed by atoms with Crippen molar-refractivity contribution in [2.45, 2.75) is 65.6 Å². The van der Waals surface area contributed by atoms with E-state index in [2.05, 4.69) is 43.6 Å². The number of esters is 1. The number of aromatic nitrogens is 4. The quantitative estimate of drug-likeness (QED) is 0.488. The fraction of sp³-hybridized carbons (Fsp3) is 0.545. The molecule has 0 aromatic carbocycles. The molecule has 0 bridgehead atoms. The molecule has 0 N–H and O–H groups in total. The van der Waals surface area contributed by atoms with Crippen molar-refractivity contribution in [2.24, 2.45) is 0 Å². The van der Waals surface area contributed by atoms with E-state index in [-0.39, 0.29) is 29.7 Å². The molecule has 1 aliphatic heterocycles. The van der Waals surface area contributed by atoms with Gasteiger partial charge in [0.05, 0.1) is 0 Å². The Morgan fingerprint density at radius 3 is 2.39 bits per heavy atom. The number of ether oxygens (including phenoxy) is 1. The van der Waals surface area contributed by atoms with Gasteiger partial charge in [0.1, 0.15) is 11.6 Å². The van der Waals surface area contributed by atoms with Gasteiger partial charge in [-0.1, -0.05) is 6.92 Å². The van der Waals surface area contributed by atoms with Gasteiger partial charge < -0.3 is 14.5 Å². The summed E-state index contributed by atoms with van der Waals surface area (Å²) in [5, 5.41) is 0. The van der Waals surface area contributed by atoms with Crippen LogP contribution in [0.4, 0.5) is 11.6 Å². The second-order valence-electron chi connectivity index (χ2n) is 7.96. The van der Waals surface area contributed by atoms with E-state index in [0.29, 0.717) is 12.2 Å². The molecule has 3 atom stereocenters. The Morgan fingerprint density at radius 1 is 1.10 bits per heavy atom. The van der Waals surface area contributed by atoms with E-state index in [1.165, 1.54) is 6.92 Å². The van der Waals surface area contributed by atoms with Gasteiger partial charge in [0, 0.05) is 50.9 Å². The number of rotatable bonds is 7. The molecule has 3 heterocycles. The molecule has 0 unspecified atom stereocenters. The highest BCUT2D eigenvalue weighted by atomic mass is 16.5. The van der Waals surface area contributed by atoms with Gasteiger partial charge in [0.25, 0.3) is 0 Å². The van der Waals surface area contributed by atoms with Gasteiger partial charge in [-0.2, -0.15) is 0 Å². The molecule has 31 heavy (non-hydrogen) atoms. The summed E-state index contributed by atoms with van der Waals surface area (Å²) < 4.78 is 5.43. The van der Waals surface area contributed by atoms with E-state index < -0.39 is 6.10 Å². The highest BCUT2D eigenvalue weighted by Gasteiger charge is 2.31. The summed E-state index contributed by atoms with van der Waals surface area (Å²) in [5.41, 5.74) is 0. The number of anilines is 2. The predicted octanol–water partition coefficient (Wildman–Crippen LogP) is 2.98. The Morgan fingerprint density at radius 2 is 1.74 bits per heavy atom. The average molecular weight is 427 g/mol. The molecule has 9 heteroatoms. The van der Waals surface area contributed by atoms with Crippen LogP contribution < -0.4 is 9.80 Å². The number of ketones is 1. The number of Topliss-reactive ketones (excluding diaryl/α,β-unsaturated/α-hetero) is 1. The Labute approximate surface area is 182 Å². The summed E-state index contributed by atoms with van der Waals surface area (Å²) in [7, 11) is 0. The smallest absolute Gasteiger partial charge is 0.306 e. The van der Waals surface area contributed by atoms with E-state index >= 15 is 0 Å². The minimum atomic E-state index is -0.499. The van der Waals surface area contributed by atoms with E-state index in [1.54, 1.807) is 19.3 Å². The number of hydrogen-bond acceptors (Lipinski definition) is 9. The Balaban J connectivity index is 1.75. The first-order chi connectivity index (χ1) is 14.8. The zero-order chi connectivity index (χ0) is 22.5. The van der Waals surface area contributed by atoms with Gasteiger partial charge >= 0.3 is 5.97 Å². The lowest BCUT2D eigenvalue weighted by atomic mass is 10.1. The third kappa shape index (κ3) is 5.34. The number of nitrogens with zero attached hydrogens (tertiary/aromatic N) is 6. The second kappa shape index (κ2) is 9.80. The largest absolute Gasteiger partial charge is 0.454 e. The molecule has 3 rings (SSSR count). The van der Waals surface area contributed by atoms with E-state index in [0.717, 1.165) is 31.1 Å². The van der Waals surface area contributed by atoms with Gasteiger partial charge in [-0.3, -0.25) is 9.59 Å². The molecule has 0 radical (unpaired) electrons. The van der Waals surface area contributed by atoms with Crippen molar-refractivity contribution in [3.8, 4) is 0 Å². The Hall–Kier alpha value is -3.10. The van der Waals surface area contributed by atoms with E-state index in [1.807, 2.05) is 19.1 Å². The molecule has 2 aromatic heterocycles. The first-order valence-corrected chi connectivity index (χ1v) is 10.7.